The molecule has 14 heavy (non-hydrogen) atoms. The van der Waals surface area contributed by atoms with Crippen LogP contribution in [0.15, 0.2) is 0 Å². The zero-order chi connectivity index (χ0) is 10.6. The molecule has 0 aromatic rings. The first-order valence-electron chi connectivity index (χ1n) is 6.02. The van der Waals surface area contributed by atoms with Crippen molar-refractivity contribution in [3.8, 4) is 0 Å². The molecular formula is C12H25IO. The Bertz CT molecular complexity index is 106. The molecule has 0 saturated carbocycles. The molecule has 0 fully saturated rings. The van der Waals surface area contributed by atoms with Gasteiger partial charge in [0, 0.05) is 11.0 Å². The van der Waals surface area contributed by atoms with Gasteiger partial charge in [-0.3, -0.25) is 0 Å². The minimum absolute atomic E-state index is 0.506. The first kappa shape index (κ1) is 14.7. The van der Waals surface area contributed by atoms with Gasteiger partial charge >= 0.3 is 0 Å². The molecule has 0 N–H and O–H groups in total. The summed E-state index contributed by atoms with van der Waals surface area (Å²) >= 11 is 2.42. The highest BCUT2D eigenvalue weighted by molar-refractivity contribution is 14.1. The van der Waals surface area contributed by atoms with Crippen molar-refractivity contribution >= 4 is 22.6 Å². The van der Waals surface area contributed by atoms with E-state index in [0.29, 0.717) is 6.10 Å². The van der Waals surface area contributed by atoms with Crippen molar-refractivity contribution in [1.29, 1.82) is 0 Å². The van der Waals surface area contributed by atoms with E-state index in [-0.39, 0.29) is 0 Å². The van der Waals surface area contributed by atoms with Crippen molar-refractivity contribution in [2.24, 2.45) is 0 Å². The Morgan fingerprint density at radius 3 is 2.21 bits per heavy atom. The molecule has 0 aromatic heterocycles. The monoisotopic (exact) mass is 312 g/mol. The molecule has 0 bridgehead atoms. The lowest BCUT2D eigenvalue weighted by Crippen LogP contribution is -2.14. The first-order chi connectivity index (χ1) is 6.85. The maximum atomic E-state index is 5.61. The third-order valence-electron chi connectivity index (χ3n) is 2.45. The summed E-state index contributed by atoms with van der Waals surface area (Å²) in [6.45, 7) is 5.21. The van der Waals surface area contributed by atoms with E-state index in [1.807, 2.05) is 0 Å². The zero-order valence-corrected chi connectivity index (χ0v) is 11.9. The van der Waals surface area contributed by atoms with Gasteiger partial charge in [-0.25, -0.2) is 0 Å². The molecule has 2 heteroatoms. The van der Waals surface area contributed by atoms with Crippen LogP contribution in [0, 0.1) is 0 Å². The minimum atomic E-state index is 0.506. The lowest BCUT2D eigenvalue weighted by Gasteiger charge is -2.13. The fourth-order valence-electron chi connectivity index (χ4n) is 1.59. The van der Waals surface area contributed by atoms with E-state index in [1.165, 1.54) is 44.9 Å². The molecule has 1 atom stereocenters. The molecule has 0 aliphatic rings. The summed E-state index contributed by atoms with van der Waals surface area (Å²) in [5.41, 5.74) is 0. The van der Waals surface area contributed by atoms with Gasteiger partial charge in [-0.15, -0.1) is 0 Å². The normalized spacial score (nSPS) is 13.1. The van der Waals surface area contributed by atoms with Crippen LogP contribution < -0.4 is 0 Å². The number of hydrogen-bond acceptors (Lipinski definition) is 1. The molecule has 0 radical (unpaired) electrons. The highest BCUT2D eigenvalue weighted by Gasteiger charge is 2.04. The third-order valence-corrected chi connectivity index (χ3v) is 3.44. The number of alkyl halides is 1. The van der Waals surface area contributed by atoms with E-state index >= 15 is 0 Å². The number of halogens is 1. The van der Waals surface area contributed by atoms with E-state index in [4.69, 9.17) is 4.74 Å². The lowest BCUT2D eigenvalue weighted by atomic mass is 10.1. The van der Waals surface area contributed by atoms with Gasteiger partial charge in [0.1, 0.15) is 0 Å². The van der Waals surface area contributed by atoms with Gasteiger partial charge in [0.2, 0.25) is 0 Å². The molecule has 1 unspecified atom stereocenters. The van der Waals surface area contributed by atoms with Gasteiger partial charge in [0.15, 0.2) is 0 Å². The molecular weight excluding hydrogens is 287 g/mol. The average molecular weight is 312 g/mol. The van der Waals surface area contributed by atoms with Crippen LogP contribution in [0.1, 0.15) is 58.8 Å². The van der Waals surface area contributed by atoms with Crippen LogP contribution in [0.3, 0.4) is 0 Å². The molecule has 0 saturated heterocycles. The molecule has 0 spiro atoms. The van der Waals surface area contributed by atoms with Gasteiger partial charge < -0.3 is 4.74 Å². The fourth-order valence-corrected chi connectivity index (χ4v) is 2.29. The van der Waals surface area contributed by atoms with Crippen LogP contribution in [0.25, 0.3) is 0 Å². The van der Waals surface area contributed by atoms with Crippen molar-refractivity contribution < 1.29 is 4.74 Å². The Kier molecular flexibility index (Phi) is 12.3. The van der Waals surface area contributed by atoms with Gasteiger partial charge in [-0.1, -0.05) is 68.0 Å². The second-order valence-corrected chi connectivity index (χ2v) is 4.67. The highest BCUT2D eigenvalue weighted by atomic mass is 127. The average Bonchev–Trinajstić information content (AvgIpc) is 2.21. The molecule has 86 valence electrons. The summed E-state index contributed by atoms with van der Waals surface area (Å²) < 4.78 is 6.75. The zero-order valence-electron chi connectivity index (χ0n) is 9.73. The van der Waals surface area contributed by atoms with Crippen molar-refractivity contribution in [1.82, 2.24) is 0 Å². The van der Waals surface area contributed by atoms with E-state index in [2.05, 4.69) is 36.4 Å². The highest BCUT2D eigenvalue weighted by Crippen LogP contribution is 2.11. The summed E-state index contributed by atoms with van der Waals surface area (Å²) in [6.07, 6.45) is 10.1. The maximum absolute atomic E-state index is 5.61. The first-order valence-corrected chi connectivity index (χ1v) is 7.55. The van der Waals surface area contributed by atoms with Crippen LogP contribution in [-0.2, 0) is 4.74 Å². The van der Waals surface area contributed by atoms with E-state index < -0.39 is 0 Å². The Hall–Kier alpha value is 0.690. The summed E-state index contributed by atoms with van der Waals surface area (Å²) in [4.78, 5) is 0. The van der Waals surface area contributed by atoms with Gasteiger partial charge in [-0.2, -0.15) is 0 Å². The van der Waals surface area contributed by atoms with Crippen LogP contribution >= 0.6 is 22.6 Å². The predicted octanol–water partition coefficient (Wildman–Crippen LogP) is 4.58. The Labute approximate surface area is 103 Å². The van der Waals surface area contributed by atoms with Crippen molar-refractivity contribution in [2.45, 2.75) is 64.9 Å². The second kappa shape index (κ2) is 11.8. The van der Waals surface area contributed by atoms with Gasteiger partial charge in [0.05, 0.1) is 6.10 Å². The van der Waals surface area contributed by atoms with Gasteiger partial charge in [0.25, 0.3) is 0 Å². The van der Waals surface area contributed by atoms with Crippen LogP contribution in [0.5, 0.6) is 0 Å². The lowest BCUT2D eigenvalue weighted by molar-refractivity contribution is 0.0737. The molecule has 0 aromatic carbocycles. The summed E-state index contributed by atoms with van der Waals surface area (Å²) in [6, 6.07) is 0. The van der Waals surface area contributed by atoms with Crippen LogP contribution in [-0.4, -0.2) is 17.1 Å². The topological polar surface area (TPSA) is 9.23 Å². The Balaban J connectivity index is 3.15. The van der Waals surface area contributed by atoms with E-state index in [9.17, 15) is 0 Å². The number of rotatable bonds is 10. The summed E-state index contributed by atoms with van der Waals surface area (Å²) in [7, 11) is 0. The van der Waals surface area contributed by atoms with Crippen molar-refractivity contribution in [3.05, 3.63) is 0 Å². The van der Waals surface area contributed by atoms with Crippen molar-refractivity contribution in [3.63, 3.8) is 0 Å². The fraction of sp³-hybridized carbons (Fsp3) is 1.00. The van der Waals surface area contributed by atoms with Crippen LogP contribution in [0.2, 0.25) is 0 Å². The summed E-state index contributed by atoms with van der Waals surface area (Å²) in [5, 5.41) is 0. The van der Waals surface area contributed by atoms with Crippen molar-refractivity contribution in [2.75, 3.05) is 11.0 Å². The molecule has 1 nitrogen and oxygen atoms in total. The predicted molar refractivity (Wildman–Crippen MR) is 72.3 cm³/mol. The molecule has 0 rings (SSSR count). The molecule has 0 aliphatic carbocycles. The molecule has 0 aliphatic heterocycles. The second-order valence-electron chi connectivity index (χ2n) is 3.79. The maximum Gasteiger partial charge on any atom is 0.0664 e. The largest absolute Gasteiger partial charge is 0.378 e. The van der Waals surface area contributed by atoms with E-state index in [0.717, 1.165) is 11.0 Å². The SMILES string of the molecule is CCCCCCCCC(CI)OCC. The van der Waals surface area contributed by atoms with Gasteiger partial charge in [-0.05, 0) is 13.3 Å². The quantitative estimate of drug-likeness (QED) is 0.326. The minimum Gasteiger partial charge on any atom is -0.378 e. The molecule has 0 heterocycles. The Morgan fingerprint density at radius 1 is 1.00 bits per heavy atom. The number of unbranched alkanes of at least 4 members (excludes halogenated alkanes) is 5. The molecule has 0 amide bonds. The standard InChI is InChI=1S/C12H25IO/c1-3-5-6-7-8-9-10-12(11-13)14-4-2/h12H,3-11H2,1-2H3. The van der Waals surface area contributed by atoms with Crippen LogP contribution in [0.4, 0.5) is 0 Å². The Morgan fingerprint density at radius 2 is 1.64 bits per heavy atom. The smallest absolute Gasteiger partial charge is 0.0664 e. The number of hydrogen-bond donors (Lipinski definition) is 0. The summed E-state index contributed by atoms with van der Waals surface area (Å²) in [5.74, 6) is 0. The van der Waals surface area contributed by atoms with E-state index in [1.54, 1.807) is 0 Å². The number of ether oxygens (including phenoxy) is 1. The third kappa shape index (κ3) is 9.25.